The van der Waals surface area contributed by atoms with Gasteiger partial charge in [-0.2, -0.15) is 0 Å². The minimum absolute atomic E-state index is 0.257. The number of nitrogens with one attached hydrogen (secondary N) is 1. The third-order valence-electron chi connectivity index (χ3n) is 2.96. The van der Waals surface area contributed by atoms with Crippen molar-refractivity contribution in [1.29, 1.82) is 0 Å². The lowest BCUT2D eigenvalue weighted by Gasteiger charge is -2.03. The number of nitrogens with two attached hydrogens (primary N) is 1. The summed E-state index contributed by atoms with van der Waals surface area (Å²) in [6, 6.07) is 8.97. The first-order valence-corrected chi connectivity index (χ1v) is 7.66. The zero-order valence-corrected chi connectivity index (χ0v) is 12.9. The van der Waals surface area contributed by atoms with Crippen LogP contribution in [0.4, 0.5) is 5.69 Å². The highest BCUT2D eigenvalue weighted by Gasteiger charge is 2.10. The van der Waals surface area contributed by atoms with Crippen molar-refractivity contribution in [3.63, 3.8) is 0 Å². The molecule has 0 aliphatic heterocycles. The zero-order valence-electron chi connectivity index (χ0n) is 11.4. The Morgan fingerprint density at radius 2 is 2.23 bits per heavy atom. The molecule has 0 aliphatic rings. The van der Waals surface area contributed by atoms with E-state index in [0.29, 0.717) is 21.3 Å². The number of rotatable bonds is 4. The maximum atomic E-state index is 12.0. The minimum Gasteiger partial charge on any atom is -0.467 e. The normalized spacial score (nSPS) is 10.6. The molecule has 22 heavy (non-hydrogen) atoms. The van der Waals surface area contributed by atoms with Gasteiger partial charge in [-0.05, 0) is 30.3 Å². The quantitative estimate of drug-likeness (QED) is 0.761. The van der Waals surface area contributed by atoms with Gasteiger partial charge < -0.3 is 15.5 Å². The van der Waals surface area contributed by atoms with E-state index < -0.39 is 0 Å². The number of carbonyl (C=O) groups is 1. The molecule has 7 heteroatoms. The molecule has 3 aromatic heterocycles. The molecule has 0 atom stereocenters. The van der Waals surface area contributed by atoms with Crippen molar-refractivity contribution < 1.29 is 9.21 Å². The van der Waals surface area contributed by atoms with Crippen LogP contribution in [0.15, 0.2) is 47.2 Å². The molecule has 0 aromatic carbocycles. The van der Waals surface area contributed by atoms with Crippen molar-refractivity contribution in [2.24, 2.45) is 5.73 Å². The third-order valence-corrected chi connectivity index (χ3v) is 4.22. The SMILES string of the molecule is NCc1cc(C(=O)Nc2ccc(-c3ccc(Cl)s3)nc2)co1. The number of aromatic nitrogens is 1. The second kappa shape index (κ2) is 6.31. The highest BCUT2D eigenvalue weighted by molar-refractivity contribution is 7.19. The fourth-order valence-electron chi connectivity index (χ4n) is 1.88. The summed E-state index contributed by atoms with van der Waals surface area (Å²) in [6.45, 7) is 0.257. The van der Waals surface area contributed by atoms with Gasteiger partial charge in [-0.25, -0.2) is 0 Å². The molecule has 3 N–H and O–H groups in total. The zero-order chi connectivity index (χ0) is 15.5. The fourth-order valence-corrected chi connectivity index (χ4v) is 2.90. The Kier molecular flexibility index (Phi) is 4.24. The lowest BCUT2D eigenvalue weighted by Crippen LogP contribution is -2.11. The number of thiophene rings is 1. The molecule has 112 valence electrons. The number of nitrogens with zero attached hydrogens (tertiary/aromatic N) is 1. The van der Waals surface area contributed by atoms with E-state index in [4.69, 9.17) is 21.8 Å². The lowest BCUT2D eigenvalue weighted by molar-refractivity contribution is 0.102. The summed E-state index contributed by atoms with van der Waals surface area (Å²) in [4.78, 5) is 17.3. The fraction of sp³-hybridized carbons (Fsp3) is 0.0667. The second-order valence-electron chi connectivity index (χ2n) is 4.50. The van der Waals surface area contributed by atoms with Crippen LogP contribution in [0.1, 0.15) is 16.1 Å². The van der Waals surface area contributed by atoms with Crippen LogP contribution in [0.5, 0.6) is 0 Å². The van der Waals surface area contributed by atoms with Gasteiger partial charge in [0.25, 0.3) is 5.91 Å². The molecule has 5 nitrogen and oxygen atoms in total. The van der Waals surface area contributed by atoms with Gasteiger partial charge in [0.2, 0.25) is 0 Å². The number of pyridine rings is 1. The van der Waals surface area contributed by atoms with Crippen molar-refractivity contribution in [2.75, 3.05) is 5.32 Å². The van der Waals surface area contributed by atoms with Crippen molar-refractivity contribution in [1.82, 2.24) is 4.98 Å². The number of halogens is 1. The highest BCUT2D eigenvalue weighted by atomic mass is 35.5. The van der Waals surface area contributed by atoms with Crippen molar-refractivity contribution in [3.05, 3.63) is 58.5 Å². The molecule has 1 amide bonds. The largest absolute Gasteiger partial charge is 0.467 e. The van der Waals surface area contributed by atoms with Crippen molar-refractivity contribution >= 4 is 34.5 Å². The summed E-state index contributed by atoms with van der Waals surface area (Å²) in [6.07, 6.45) is 2.98. The Balaban J connectivity index is 1.72. The number of hydrogen-bond acceptors (Lipinski definition) is 5. The van der Waals surface area contributed by atoms with Gasteiger partial charge in [0.05, 0.1) is 38.9 Å². The number of anilines is 1. The topological polar surface area (TPSA) is 81.2 Å². The van der Waals surface area contributed by atoms with Gasteiger partial charge in [-0.3, -0.25) is 9.78 Å². The van der Waals surface area contributed by atoms with E-state index in [1.165, 1.54) is 17.6 Å². The smallest absolute Gasteiger partial charge is 0.258 e. The highest BCUT2D eigenvalue weighted by Crippen LogP contribution is 2.30. The summed E-state index contributed by atoms with van der Waals surface area (Å²) in [7, 11) is 0. The van der Waals surface area contributed by atoms with Crippen LogP contribution >= 0.6 is 22.9 Å². The maximum Gasteiger partial charge on any atom is 0.258 e. The Bertz CT molecular complexity index is 795. The van der Waals surface area contributed by atoms with Crippen molar-refractivity contribution in [3.8, 4) is 10.6 Å². The van der Waals surface area contributed by atoms with E-state index in [1.54, 1.807) is 18.3 Å². The molecule has 0 spiro atoms. The molecular formula is C15H12ClN3O2S. The van der Waals surface area contributed by atoms with E-state index in [-0.39, 0.29) is 12.5 Å². The van der Waals surface area contributed by atoms with Gasteiger partial charge in [-0.15, -0.1) is 11.3 Å². The monoisotopic (exact) mass is 333 g/mol. The summed E-state index contributed by atoms with van der Waals surface area (Å²) in [5.41, 5.74) is 7.28. The molecule has 3 heterocycles. The Hall–Kier alpha value is -2.15. The lowest BCUT2D eigenvalue weighted by atomic mass is 10.2. The molecule has 3 aromatic rings. The number of amides is 1. The molecule has 0 unspecified atom stereocenters. The Morgan fingerprint density at radius 1 is 1.36 bits per heavy atom. The molecular weight excluding hydrogens is 322 g/mol. The molecule has 0 aliphatic carbocycles. The van der Waals surface area contributed by atoms with E-state index in [0.717, 1.165) is 10.6 Å². The summed E-state index contributed by atoms with van der Waals surface area (Å²) in [5, 5.41) is 2.75. The van der Waals surface area contributed by atoms with E-state index in [1.807, 2.05) is 18.2 Å². The van der Waals surface area contributed by atoms with Crippen LogP contribution in [-0.2, 0) is 6.54 Å². The van der Waals surface area contributed by atoms with Crippen LogP contribution in [0.25, 0.3) is 10.6 Å². The first-order chi connectivity index (χ1) is 10.7. The Morgan fingerprint density at radius 3 is 2.82 bits per heavy atom. The van der Waals surface area contributed by atoms with Crippen molar-refractivity contribution in [2.45, 2.75) is 6.54 Å². The number of hydrogen-bond donors (Lipinski definition) is 2. The first kappa shape index (κ1) is 14.8. The van der Waals surface area contributed by atoms with Gasteiger partial charge in [0.1, 0.15) is 12.0 Å². The predicted octanol–water partition coefficient (Wildman–Crippen LogP) is 3.77. The van der Waals surface area contributed by atoms with Gasteiger partial charge in [-0.1, -0.05) is 11.6 Å². The van der Waals surface area contributed by atoms with Gasteiger partial charge >= 0.3 is 0 Å². The summed E-state index contributed by atoms with van der Waals surface area (Å²) >= 11 is 7.36. The second-order valence-corrected chi connectivity index (χ2v) is 6.21. The Labute approximate surface area is 135 Å². The molecule has 3 rings (SSSR count). The van der Waals surface area contributed by atoms with Crippen LogP contribution < -0.4 is 11.1 Å². The molecule has 0 saturated carbocycles. The maximum absolute atomic E-state index is 12.0. The number of carbonyl (C=O) groups excluding carboxylic acids is 1. The van der Waals surface area contributed by atoms with Crippen LogP contribution in [0.3, 0.4) is 0 Å². The number of furan rings is 1. The van der Waals surface area contributed by atoms with Crippen LogP contribution in [0, 0.1) is 0 Å². The molecule has 0 saturated heterocycles. The molecule has 0 fully saturated rings. The van der Waals surface area contributed by atoms with Gasteiger partial charge in [0, 0.05) is 0 Å². The standard InChI is InChI=1S/C15H12ClN3O2S/c16-14-4-3-13(22-14)12-2-1-10(7-18-12)19-15(20)9-5-11(6-17)21-8-9/h1-5,7-8H,6,17H2,(H,19,20). The minimum atomic E-state index is -0.267. The van der Waals surface area contributed by atoms with Gasteiger partial charge in [0.15, 0.2) is 0 Å². The predicted molar refractivity (Wildman–Crippen MR) is 87.1 cm³/mol. The average Bonchev–Trinajstić information content (AvgIpc) is 3.17. The molecule has 0 bridgehead atoms. The van der Waals surface area contributed by atoms with Crippen LogP contribution in [0.2, 0.25) is 4.34 Å². The molecule has 0 radical (unpaired) electrons. The summed E-state index contributed by atoms with van der Waals surface area (Å²) < 4.78 is 5.85. The first-order valence-electron chi connectivity index (χ1n) is 6.46. The van der Waals surface area contributed by atoms with E-state index in [2.05, 4.69) is 10.3 Å². The summed E-state index contributed by atoms with van der Waals surface area (Å²) in [5.74, 6) is 0.297. The van der Waals surface area contributed by atoms with Crippen LogP contribution in [-0.4, -0.2) is 10.9 Å². The third kappa shape index (κ3) is 3.19. The van der Waals surface area contributed by atoms with E-state index in [9.17, 15) is 4.79 Å². The van der Waals surface area contributed by atoms with E-state index >= 15 is 0 Å². The average molecular weight is 334 g/mol.